The molecule has 0 bridgehead atoms. The predicted molar refractivity (Wildman–Crippen MR) is 79.8 cm³/mol. The standard InChI is InChI=1S/C15H21BrN2/c1-10(17)11-5-6-15(14(16)7-11)18-8-12-3-2-4-13(12)9-18/h5-7,10,12-13H,2-4,8-9,17H2,1H3/t10-,12?,13?/m0/s1. The van der Waals surface area contributed by atoms with Crippen LogP contribution in [0.3, 0.4) is 0 Å². The van der Waals surface area contributed by atoms with Gasteiger partial charge < -0.3 is 10.6 Å². The van der Waals surface area contributed by atoms with E-state index in [0.717, 1.165) is 11.8 Å². The maximum absolute atomic E-state index is 5.93. The quantitative estimate of drug-likeness (QED) is 0.902. The van der Waals surface area contributed by atoms with E-state index >= 15 is 0 Å². The molecule has 1 aromatic rings. The van der Waals surface area contributed by atoms with Gasteiger partial charge >= 0.3 is 0 Å². The number of anilines is 1. The number of rotatable bonds is 2. The molecule has 18 heavy (non-hydrogen) atoms. The van der Waals surface area contributed by atoms with Gasteiger partial charge in [0.25, 0.3) is 0 Å². The summed E-state index contributed by atoms with van der Waals surface area (Å²) in [6.45, 7) is 4.50. The van der Waals surface area contributed by atoms with Gasteiger partial charge in [0.15, 0.2) is 0 Å². The normalized spacial score (nSPS) is 28.5. The average Bonchev–Trinajstić information content (AvgIpc) is 2.88. The summed E-state index contributed by atoms with van der Waals surface area (Å²) in [6.07, 6.45) is 4.29. The summed E-state index contributed by atoms with van der Waals surface area (Å²) >= 11 is 3.71. The Morgan fingerprint density at radius 3 is 2.50 bits per heavy atom. The Kier molecular flexibility index (Phi) is 3.37. The van der Waals surface area contributed by atoms with Gasteiger partial charge in [-0.3, -0.25) is 0 Å². The molecule has 2 unspecified atom stereocenters. The second-order valence-corrected chi connectivity index (χ2v) is 6.71. The van der Waals surface area contributed by atoms with Crippen molar-refractivity contribution >= 4 is 21.6 Å². The smallest absolute Gasteiger partial charge is 0.0511 e. The third kappa shape index (κ3) is 2.19. The number of fused-ring (bicyclic) bond motifs is 1. The fraction of sp³-hybridized carbons (Fsp3) is 0.600. The van der Waals surface area contributed by atoms with Gasteiger partial charge in [0.05, 0.1) is 5.69 Å². The minimum Gasteiger partial charge on any atom is -0.370 e. The molecular weight excluding hydrogens is 288 g/mol. The maximum Gasteiger partial charge on any atom is 0.0511 e. The zero-order valence-electron chi connectivity index (χ0n) is 10.9. The van der Waals surface area contributed by atoms with Crippen molar-refractivity contribution in [2.45, 2.75) is 32.2 Å². The Morgan fingerprint density at radius 2 is 1.94 bits per heavy atom. The van der Waals surface area contributed by atoms with Crippen LogP contribution in [0, 0.1) is 11.8 Å². The molecule has 1 aromatic carbocycles. The molecule has 98 valence electrons. The third-order valence-corrected chi connectivity index (χ3v) is 5.20. The van der Waals surface area contributed by atoms with Crippen molar-refractivity contribution in [3.05, 3.63) is 28.2 Å². The third-order valence-electron chi connectivity index (χ3n) is 4.56. The zero-order chi connectivity index (χ0) is 12.7. The number of hydrogen-bond donors (Lipinski definition) is 1. The fourth-order valence-electron chi connectivity index (χ4n) is 3.49. The summed E-state index contributed by atoms with van der Waals surface area (Å²) in [5.41, 5.74) is 8.47. The van der Waals surface area contributed by atoms with Gasteiger partial charge in [-0.25, -0.2) is 0 Å². The number of benzene rings is 1. The Balaban J connectivity index is 1.81. The topological polar surface area (TPSA) is 29.3 Å². The van der Waals surface area contributed by atoms with E-state index < -0.39 is 0 Å². The van der Waals surface area contributed by atoms with Crippen LogP contribution >= 0.6 is 15.9 Å². The first kappa shape index (κ1) is 12.5. The van der Waals surface area contributed by atoms with Gasteiger partial charge in [-0.05, 0) is 65.2 Å². The van der Waals surface area contributed by atoms with Gasteiger partial charge in [0.1, 0.15) is 0 Å². The zero-order valence-corrected chi connectivity index (χ0v) is 12.5. The summed E-state index contributed by atoms with van der Waals surface area (Å²) in [4.78, 5) is 2.55. The minimum absolute atomic E-state index is 0.105. The van der Waals surface area contributed by atoms with Gasteiger partial charge in [0.2, 0.25) is 0 Å². The van der Waals surface area contributed by atoms with E-state index in [1.54, 1.807) is 0 Å². The molecule has 0 aromatic heterocycles. The number of halogens is 1. The van der Waals surface area contributed by atoms with Gasteiger partial charge in [-0.1, -0.05) is 12.5 Å². The summed E-state index contributed by atoms with van der Waals surface area (Å²) in [6, 6.07) is 6.67. The molecule has 0 amide bonds. The van der Waals surface area contributed by atoms with Crippen LogP contribution in [0.2, 0.25) is 0 Å². The number of nitrogens with zero attached hydrogens (tertiary/aromatic N) is 1. The SMILES string of the molecule is C[C@H](N)c1ccc(N2CC3CCCC3C2)c(Br)c1. The Hall–Kier alpha value is -0.540. The second kappa shape index (κ2) is 4.86. The van der Waals surface area contributed by atoms with Crippen LogP contribution < -0.4 is 10.6 Å². The van der Waals surface area contributed by atoms with Crippen LogP contribution in [0.4, 0.5) is 5.69 Å². The lowest BCUT2D eigenvalue weighted by molar-refractivity contribution is 0.494. The first-order valence-electron chi connectivity index (χ1n) is 6.95. The molecule has 1 saturated heterocycles. The fourth-order valence-corrected chi connectivity index (χ4v) is 4.14. The molecule has 2 fully saturated rings. The minimum atomic E-state index is 0.105. The van der Waals surface area contributed by atoms with Crippen molar-refractivity contribution in [2.75, 3.05) is 18.0 Å². The summed E-state index contributed by atoms with van der Waals surface area (Å²) < 4.78 is 1.19. The van der Waals surface area contributed by atoms with E-state index in [1.165, 1.54) is 48.1 Å². The first-order chi connectivity index (χ1) is 8.65. The molecule has 1 aliphatic heterocycles. The molecule has 3 atom stereocenters. The lowest BCUT2D eigenvalue weighted by Gasteiger charge is -2.22. The highest BCUT2D eigenvalue weighted by atomic mass is 79.9. The summed E-state index contributed by atoms with van der Waals surface area (Å²) in [7, 11) is 0. The lowest BCUT2D eigenvalue weighted by atomic mass is 10.0. The highest BCUT2D eigenvalue weighted by Crippen LogP contribution is 2.41. The van der Waals surface area contributed by atoms with Gasteiger partial charge in [-0.2, -0.15) is 0 Å². The molecule has 2 aliphatic rings. The summed E-state index contributed by atoms with van der Waals surface area (Å²) in [5, 5.41) is 0. The maximum atomic E-state index is 5.93. The van der Waals surface area contributed by atoms with E-state index in [-0.39, 0.29) is 6.04 Å². The molecule has 0 spiro atoms. The monoisotopic (exact) mass is 308 g/mol. The van der Waals surface area contributed by atoms with Crippen LogP contribution in [0.25, 0.3) is 0 Å². The van der Waals surface area contributed by atoms with Crippen molar-refractivity contribution in [1.82, 2.24) is 0 Å². The molecule has 3 heteroatoms. The first-order valence-corrected chi connectivity index (χ1v) is 7.74. The predicted octanol–water partition coefficient (Wildman–Crippen LogP) is 3.71. The van der Waals surface area contributed by atoms with Crippen LogP contribution in [0.1, 0.15) is 37.8 Å². The highest BCUT2D eigenvalue weighted by molar-refractivity contribution is 9.10. The largest absolute Gasteiger partial charge is 0.370 e. The van der Waals surface area contributed by atoms with Crippen LogP contribution in [0.15, 0.2) is 22.7 Å². The van der Waals surface area contributed by atoms with E-state index in [9.17, 15) is 0 Å². The molecular formula is C15H21BrN2. The van der Waals surface area contributed by atoms with Crippen LogP contribution in [-0.4, -0.2) is 13.1 Å². The molecule has 2 N–H and O–H groups in total. The Morgan fingerprint density at radius 1 is 1.28 bits per heavy atom. The van der Waals surface area contributed by atoms with Crippen molar-refractivity contribution < 1.29 is 0 Å². The molecule has 2 nitrogen and oxygen atoms in total. The summed E-state index contributed by atoms with van der Waals surface area (Å²) in [5.74, 6) is 1.87. The van der Waals surface area contributed by atoms with Gasteiger partial charge in [0, 0.05) is 23.6 Å². The molecule has 1 aliphatic carbocycles. The molecule has 1 heterocycles. The van der Waals surface area contributed by atoms with Crippen molar-refractivity contribution in [2.24, 2.45) is 17.6 Å². The van der Waals surface area contributed by atoms with Crippen molar-refractivity contribution in [3.63, 3.8) is 0 Å². The van der Waals surface area contributed by atoms with Gasteiger partial charge in [-0.15, -0.1) is 0 Å². The molecule has 3 rings (SSSR count). The highest BCUT2D eigenvalue weighted by Gasteiger charge is 2.36. The van der Waals surface area contributed by atoms with E-state index in [2.05, 4.69) is 39.0 Å². The molecule has 0 radical (unpaired) electrons. The molecule has 1 saturated carbocycles. The Labute approximate surface area is 118 Å². The van der Waals surface area contributed by atoms with Crippen molar-refractivity contribution in [1.29, 1.82) is 0 Å². The van der Waals surface area contributed by atoms with E-state index in [1.807, 2.05) is 6.92 Å². The van der Waals surface area contributed by atoms with E-state index in [4.69, 9.17) is 5.73 Å². The van der Waals surface area contributed by atoms with Crippen LogP contribution in [-0.2, 0) is 0 Å². The van der Waals surface area contributed by atoms with Crippen molar-refractivity contribution in [3.8, 4) is 0 Å². The van der Waals surface area contributed by atoms with Crippen LogP contribution in [0.5, 0.6) is 0 Å². The number of hydrogen-bond acceptors (Lipinski definition) is 2. The lowest BCUT2D eigenvalue weighted by Crippen LogP contribution is -2.21. The number of nitrogens with two attached hydrogens (primary N) is 1. The second-order valence-electron chi connectivity index (χ2n) is 5.86. The Bertz CT molecular complexity index is 432. The average molecular weight is 309 g/mol. The van der Waals surface area contributed by atoms with E-state index in [0.29, 0.717) is 0 Å².